The van der Waals surface area contributed by atoms with Crippen LogP contribution in [0.5, 0.6) is 5.75 Å². The molecule has 0 atom stereocenters. The molecule has 1 aliphatic rings. The number of ether oxygens (including phenoxy) is 1. The van der Waals surface area contributed by atoms with Gasteiger partial charge in [-0.15, -0.1) is 0 Å². The van der Waals surface area contributed by atoms with Crippen molar-refractivity contribution in [1.29, 1.82) is 0 Å². The number of methoxy groups -OCH3 is 1. The number of rotatable bonds is 5. The molecule has 1 amide bonds. The summed E-state index contributed by atoms with van der Waals surface area (Å²) in [6.45, 7) is 0.0656. The molecule has 25 heavy (non-hydrogen) atoms. The molecule has 1 aromatic carbocycles. The van der Waals surface area contributed by atoms with Crippen molar-refractivity contribution in [2.75, 3.05) is 13.7 Å². The van der Waals surface area contributed by atoms with Gasteiger partial charge in [0.1, 0.15) is 17.3 Å². The highest BCUT2D eigenvalue weighted by Gasteiger charge is 2.39. The molecule has 134 valence electrons. The van der Waals surface area contributed by atoms with E-state index in [0.717, 1.165) is 19.3 Å². The third-order valence-electron chi connectivity index (χ3n) is 5.02. The number of hydrogen-bond donors (Lipinski definition) is 3. The van der Waals surface area contributed by atoms with Crippen molar-refractivity contribution in [3.63, 3.8) is 0 Å². The van der Waals surface area contributed by atoms with Gasteiger partial charge in [0.15, 0.2) is 0 Å². The van der Waals surface area contributed by atoms with E-state index in [1.165, 1.54) is 25.3 Å². The number of hydrogen-bond acceptors (Lipinski definition) is 3. The van der Waals surface area contributed by atoms with Crippen LogP contribution in [0.2, 0.25) is 0 Å². The van der Waals surface area contributed by atoms with E-state index in [0.29, 0.717) is 24.0 Å². The minimum absolute atomic E-state index is 0.0656. The summed E-state index contributed by atoms with van der Waals surface area (Å²) in [5, 5.41) is 12.7. The Morgan fingerprint density at radius 1 is 1.32 bits per heavy atom. The fourth-order valence-electron chi connectivity index (χ4n) is 3.50. The van der Waals surface area contributed by atoms with Gasteiger partial charge in [-0.05, 0) is 31.0 Å². The maximum absolute atomic E-state index is 13.9. The molecule has 7 heteroatoms. The monoisotopic (exact) mass is 348 g/mol. The van der Waals surface area contributed by atoms with Gasteiger partial charge in [-0.2, -0.15) is 0 Å². The van der Waals surface area contributed by atoms with Crippen LogP contribution in [-0.2, 0) is 4.79 Å². The van der Waals surface area contributed by atoms with Gasteiger partial charge in [0.05, 0.1) is 18.0 Å². The van der Waals surface area contributed by atoms with Crippen molar-refractivity contribution in [3.8, 4) is 5.75 Å². The lowest BCUT2D eigenvalue weighted by atomic mass is 9.74. The zero-order chi connectivity index (χ0) is 18.0. The molecule has 3 N–H and O–H groups in total. The summed E-state index contributed by atoms with van der Waals surface area (Å²) in [4.78, 5) is 26.9. The molecule has 3 rings (SSSR count). The van der Waals surface area contributed by atoms with Gasteiger partial charge >= 0.3 is 5.97 Å². The van der Waals surface area contributed by atoms with Gasteiger partial charge < -0.3 is 20.1 Å². The molecule has 2 aromatic rings. The molecule has 0 bridgehead atoms. The van der Waals surface area contributed by atoms with E-state index < -0.39 is 23.1 Å². The molecule has 0 saturated heterocycles. The smallest absolute Gasteiger partial charge is 0.311 e. The van der Waals surface area contributed by atoms with Crippen molar-refractivity contribution in [3.05, 3.63) is 29.7 Å². The van der Waals surface area contributed by atoms with Gasteiger partial charge in [-0.3, -0.25) is 9.59 Å². The first-order chi connectivity index (χ1) is 12.0. The van der Waals surface area contributed by atoms with Crippen LogP contribution in [0.1, 0.15) is 42.6 Å². The van der Waals surface area contributed by atoms with Crippen molar-refractivity contribution in [1.82, 2.24) is 10.3 Å². The maximum atomic E-state index is 13.9. The third-order valence-corrected chi connectivity index (χ3v) is 5.02. The van der Waals surface area contributed by atoms with Crippen molar-refractivity contribution in [2.24, 2.45) is 5.41 Å². The number of carboxylic acids is 1. The predicted molar refractivity (Wildman–Crippen MR) is 90.3 cm³/mol. The summed E-state index contributed by atoms with van der Waals surface area (Å²) in [5.74, 6) is -1.36. The molecule has 0 spiro atoms. The van der Waals surface area contributed by atoms with Crippen LogP contribution in [-0.4, -0.2) is 35.6 Å². The Kier molecular flexibility index (Phi) is 4.65. The quantitative estimate of drug-likeness (QED) is 0.774. The highest BCUT2D eigenvalue weighted by molar-refractivity contribution is 6.00. The van der Waals surface area contributed by atoms with Crippen LogP contribution >= 0.6 is 0 Å². The average molecular weight is 348 g/mol. The Morgan fingerprint density at radius 2 is 2.04 bits per heavy atom. The van der Waals surface area contributed by atoms with Gasteiger partial charge in [-0.1, -0.05) is 19.3 Å². The van der Waals surface area contributed by atoms with Crippen LogP contribution in [0.3, 0.4) is 0 Å². The van der Waals surface area contributed by atoms with E-state index in [-0.39, 0.29) is 17.8 Å². The number of aliphatic carboxylic acids is 1. The molecule has 1 aliphatic carbocycles. The van der Waals surface area contributed by atoms with E-state index in [4.69, 9.17) is 4.74 Å². The van der Waals surface area contributed by atoms with Crippen LogP contribution in [0.4, 0.5) is 4.39 Å². The normalized spacial score (nSPS) is 16.6. The number of amides is 1. The fraction of sp³-hybridized carbons (Fsp3) is 0.444. The highest BCUT2D eigenvalue weighted by Crippen LogP contribution is 2.36. The minimum atomic E-state index is -0.914. The molecule has 0 radical (unpaired) electrons. The van der Waals surface area contributed by atoms with E-state index in [1.807, 2.05) is 0 Å². The van der Waals surface area contributed by atoms with Gasteiger partial charge in [0.2, 0.25) is 0 Å². The Balaban J connectivity index is 1.80. The number of carboxylic acid groups (broad SMARTS) is 1. The van der Waals surface area contributed by atoms with E-state index in [9.17, 15) is 19.1 Å². The second kappa shape index (κ2) is 6.74. The largest absolute Gasteiger partial charge is 0.496 e. The summed E-state index contributed by atoms with van der Waals surface area (Å²) < 4.78 is 19.1. The third kappa shape index (κ3) is 3.18. The molecule has 1 aromatic heterocycles. The summed E-state index contributed by atoms with van der Waals surface area (Å²) >= 11 is 0. The molecule has 1 fully saturated rings. The first kappa shape index (κ1) is 17.3. The molecule has 0 aliphatic heterocycles. The first-order valence-corrected chi connectivity index (χ1v) is 8.34. The number of aromatic nitrogens is 1. The molecule has 6 nitrogen and oxygen atoms in total. The Morgan fingerprint density at radius 3 is 2.68 bits per heavy atom. The SMILES string of the molecule is COc1ccc(F)c2[nH]c(C(=O)NCC3(C(=O)O)CCCCC3)cc12. The molecular formula is C18H21FN2O4. The molecule has 1 saturated carbocycles. The lowest BCUT2D eigenvalue weighted by Gasteiger charge is -2.33. The van der Waals surface area contributed by atoms with Gasteiger partial charge in [-0.25, -0.2) is 4.39 Å². The Hall–Kier alpha value is -2.57. The van der Waals surface area contributed by atoms with Crippen molar-refractivity contribution < 1.29 is 23.8 Å². The number of carbonyl (C=O) groups excluding carboxylic acids is 1. The zero-order valence-electron chi connectivity index (χ0n) is 14.0. The second-order valence-corrected chi connectivity index (χ2v) is 6.55. The second-order valence-electron chi connectivity index (χ2n) is 6.55. The summed E-state index contributed by atoms with van der Waals surface area (Å²) in [6, 6.07) is 4.27. The zero-order valence-corrected chi connectivity index (χ0v) is 14.0. The summed E-state index contributed by atoms with van der Waals surface area (Å²) in [6.07, 6.45) is 3.81. The van der Waals surface area contributed by atoms with E-state index in [1.54, 1.807) is 0 Å². The fourth-order valence-corrected chi connectivity index (χ4v) is 3.50. The topological polar surface area (TPSA) is 91.4 Å². The molecule has 1 heterocycles. The highest BCUT2D eigenvalue weighted by atomic mass is 19.1. The summed E-state index contributed by atoms with van der Waals surface area (Å²) in [7, 11) is 1.47. The minimum Gasteiger partial charge on any atom is -0.496 e. The van der Waals surface area contributed by atoms with Crippen molar-refractivity contribution >= 4 is 22.8 Å². The average Bonchev–Trinajstić information content (AvgIpc) is 3.07. The number of carbonyl (C=O) groups is 2. The van der Waals surface area contributed by atoms with E-state index in [2.05, 4.69) is 10.3 Å². The number of fused-ring (bicyclic) bond motifs is 1. The van der Waals surface area contributed by atoms with Gasteiger partial charge in [0, 0.05) is 11.9 Å². The van der Waals surface area contributed by atoms with Crippen LogP contribution in [0, 0.1) is 11.2 Å². The number of aromatic amines is 1. The summed E-state index contributed by atoms with van der Waals surface area (Å²) in [5.41, 5.74) is -0.548. The number of nitrogens with one attached hydrogen (secondary N) is 2. The van der Waals surface area contributed by atoms with Crippen LogP contribution in [0.15, 0.2) is 18.2 Å². The van der Waals surface area contributed by atoms with Crippen LogP contribution in [0.25, 0.3) is 10.9 Å². The maximum Gasteiger partial charge on any atom is 0.311 e. The Bertz CT molecular complexity index is 809. The van der Waals surface area contributed by atoms with E-state index >= 15 is 0 Å². The standard InChI is InChI=1S/C18H21FN2O4/c1-25-14-6-5-12(19)15-11(14)9-13(21-15)16(22)20-10-18(17(23)24)7-3-2-4-8-18/h5-6,9,21H,2-4,7-8,10H2,1H3,(H,20,22)(H,23,24). The number of halogens is 1. The Labute approximate surface area is 144 Å². The lowest BCUT2D eigenvalue weighted by molar-refractivity contribution is -0.150. The first-order valence-electron chi connectivity index (χ1n) is 8.34. The molecular weight excluding hydrogens is 327 g/mol. The molecule has 0 unspecified atom stereocenters. The van der Waals surface area contributed by atoms with Crippen LogP contribution < -0.4 is 10.1 Å². The predicted octanol–water partition coefficient (Wildman–Crippen LogP) is 3.08. The van der Waals surface area contributed by atoms with Crippen molar-refractivity contribution in [2.45, 2.75) is 32.1 Å². The lowest BCUT2D eigenvalue weighted by Crippen LogP contribution is -2.44. The van der Waals surface area contributed by atoms with Gasteiger partial charge in [0.25, 0.3) is 5.91 Å². The number of H-pyrrole nitrogens is 1. The number of benzene rings is 1.